The summed E-state index contributed by atoms with van der Waals surface area (Å²) in [4.78, 5) is 5.14. The highest BCUT2D eigenvalue weighted by Crippen LogP contribution is 2.55. The minimum absolute atomic E-state index is 0. The molecule has 12 aromatic rings. The van der Waals surface area contributed by atoms with Gasteiger partial charge in [0.05, 0.1) is 0 Å². The van der Waals surface area contributed by atoms with Crippen molar-refractivity contribution in [3.63, 3.8) is 0 Å². The van der Waals surface area contributed by atoms with Crippen LogP contribution in [0.3, 0.4) is 0 Å². The van der Waals surface area contributed by atoms with Crippen LogP contribution in [-0.2, 0) is 43.3 Å². The number of fused-ring (bicyclic) bond motifs is 8. The molecule has 16 rings (SSSR count). The lowest BCUT2D eigenvalue weighted by atomic mass is 9.80. The second-order valence-electron chi connectivity index (χ2n) is 37.1. The summed E-state index contributed by atoms with van der Waals surface area (Å²) in [5.41, 5.74) is 25.0. The molecule has 0 atom stereocenters. The van der Waals surface area contributed by atoms with Crippen LogP contribution in [0.5, 0.6) is 23.0 Å². The molecule has 4 aliphatic heterocycles. The smallest absolute Gasteiger partial charge is 0.135 e. The van der Waals surface area contributed by atoms with E-state index in [4.69, 9.17) is 9.47 Å². The maximum atomic E-state index is 6.35. The number of nitrogens with zero attached hydrogens (tertiary/aromatic N) is 1. The van der Waals surface area contributed by atoms with Crippen LogP contribution in [0.1, 0.15) is 226 Å². The van der Waals surface area contributed by atoms with Gasteiger partial charge in [-0.2, -0.15) is 0 Å². The molecule has 0 saturated heterocycles. The molecule has 0 aliphatic carbocycles. The molecule has 4 heterocycles. The summed E-state index contributed by atoms with van der Waals surface area (Å²) in [5.74, 6) is 3.88. The first-order chi connectivity index (χ1) is 47.1. The van der Waals surface area contributed by atoms with E-state index in [1.807, 2.05) is 11.8 Å². The third kappa shape index (κ3) is 14.1. The van der Waals surface area contributed by atoms with Gasteiger partial charge in [-0.1, -0.05) is 338 Å². The van der Waals surface area contributed by atoms with Crippen LogP contribution in [-0.4, -0.2) is 7.05 Å². The fraction of sp³-hybridized carbons (Fsp3) is 0.354. The maximum Gasteiger partial charge on any atom is 0.135 e. The molecular weight excluding hydrogens is 1270 g/mol. The first-order valence-corrected chi connectivity index (χ1v) is 37.5. The third-order valence-corrected chi connectivity index (χ3v) is 22.3. The van der Waals surface area contributed by atoms with E-state index in [0.29, 0.717) is 0 Å². The number of anilines is 2. The summed E-state index contributed by atoms with van der Waals surface area (Å²) in [6.07, 6.45) is 0. The zero-order valence-corrected chi connectivity index (χ0v) is 66.0. The Morgan fingerprint density at radius 1 is 0.243 bits per heavy atom. The van der Waals surface area contributed by atoms with E-state index in [1.54, 1.807) is 0 Å². The van der Waals surface area contributed by atoms with Crippen LogP contribution in [0.15, 0.2) is 204 Å². The van der Waals surface area contributed by atoms with Crippen LogP contribution in [0.25, 0.3) is 87.6 Å². The third-order valence-electron chi connectivity index (χ3n) is 21.2. The number of benzene rings is 12. The molecule has 103 heavy (non-hydrogen) atoms. The number of hydrogen-bond acceptors (Lipinski definition) is 4. The van der Waals surface area contributed by atoms with Gasteiger partial charge in [-0.3, -0.25) is 0 Å². The summed E-state index contributed by atoms with van der Waals surface area (Å²) < 4.78 is 12.7. The highest BCUT2D eigenvalue weighted by atomic mass is 32.2. The van der Waals surface area contributed by atoms with E-state index in [2.05, 4.69) is 372 Å². The molecule has 12 aromatic carbocycles. The first kappa shape index (κ1) is 75.6. The van der Waals surface area contributed by atoms with Crippen molar-refractivity contribution in [1.29, 1.82) is 0 Å². The van der Waals surface area contributed by atoms with Crippen molar-refractivity contribution in [1.82, 2.24) is 0 Å². The zero-order chi connectivity index (χ0) is 72.8. The first-order valence-electron chi connectivity index (χ1n) is 36.7. The molecule has 3 nitrogen and oxygen atoms in total. The molecule has 0 spiro atoms. The van der Waals surface area contributed by atoms with E-state index in [0.717, 1.165) is 23.0 Å². The van der Waals surface area contributed by atoms with Crippen molar-refractivity contribution in [2.45, 2.75) is 234 Å². The number of ether oxygens (including phenoxy) is 2. The maximum absolute atomic E-state index is 6.35. The Bertz CT molecular complexity index is 4900. The Balaban J connectivity index is 0.000000137. The highest BCUT2D eigenvalue weighted by molar-refractivity contribution is 7.99. The highest BCUT2D eigenvalue weighted by Gasteiger charge is 2.32. The van der Waals surface area contributed by atoms with Crippen molar-refractivity contribution in [2.24, 2.45) is 0 Å². The van der Waals surface area contributed by atoms with E-state index < -0.39 is 0 Å². The van der Waals surface area contributed by atoms with Gasteiger partial charge in [0, 0.05) is 66.4 Å². The largest absolute Gasteiger partial charge is 0.456 e. The predicted octanol–water partition coefficient (Wildman–Crippen LogP) is 30.4. The van der Waals surface area contributed by atoms with Crippen LogP contribution in [0, 0.1) is 0 Å². The second kappa shape index (κ2) is 26.5. The molecule has 0 unspecified atom stereocenters. The standard InChI is InChI=1S/C25H29N.2C24H26O.C24H26S.2CH4/c1-24(2,3)16-11-12-17-18-9-8-10-19-20(25(4,5)6)13-14-21(23(18)19)26(7)22(17)15-16;3*1-23(2,3)15-10-11-16-17-8-7-9-18-19(24(4,5)6)12-13-20(22(17)18)25-21(16)14-15;;/h8-15H,1-7H3;3*7-14H,1-6H3;2*1H4. The Morgan fingerprint density at radius 2 is 0.563 bits per heavy atom. The Morgan fingerprint density at radius 3 is 0.961 bits per heavy atom. The Hall–Kier alpha value is -8.57. The van der Waals surface area contributed by atoms with Gasteiger partial charge >= 0.3 is 0 Å². The van der Waals surface area contributed by atoms with Crippen LogP contribution >= 0.6 is 11.8 Å². The molecule has 4 aliphatic rings. The van der Waals surface area contributed by atoms with Crippen molar-refractivity contribution in [3.8, 4) is 67.5 Å². The van der Waals surface area contributed by atoms with Gasteiger partial charge < -0.3 is 14.4 Å². The fourth-order valence-electron chi connectivity index (χ4n) is 15.4. The molecular formula is C99H115NO2S. The lowest BCUT2D eigenvalue weighted by Gasteiger charge is -2.34. The fourth-order valence-corrected chi connectivity index (χ4v) is 16.6. The van der Waals surface area contributed by atoms with Gasteiger partial charge in [-0.25, -0.2) is 0 Å². The van der Waals surface area contributed by atoms with Crippen molar-refractivity contribution in [3.05, 3.63) is 239 Å². The van der Waals surface area contributed by atoms with E-state index in [9.17, 15) is 0 Å². The molecule has 0 radical (unpaired) electrons. The zero-order valence-electron chi connectivity index (χ0n) is 65.1. The minimum Gasteiger partial charge on any atom is -0.456 e. The summed E-state index contributed by atoms with van der Waals surface area (Å²) in [5, 5.41) is 10.7. The SMILES string of the molecule is C.C.CC(C)(C)c1ccc2c(c1)Oc1ccc(C(C)(C)C)c3cccc-2c13.CC(C)(C)c1ccc2c(c1)Oc1ccc(C(C)(C)C)c3cccc-2c13.CC(C)(C)c1ccc2c(c1)Sc1ccc(C(C)(C)C)c3cccc-2c13.CN1c2cc(C(C)(C)C)ccc2-c2cccc3c(C(C)(C)C)ccc1c23. The Labute approximate surface area is 623 Å². The van der Waals surface area contributed by atoms with Crippen molar-refractivity contribution >= 4 is 66.2 Å². The Kier molecular flexibility index (Phi) is 19.5. The van der Waals surface area contributed by atoms with E-state index in [1.165, 1.54) is 153 Å². The summed E-state index contributed by atoms with van der Waals surface area (Å²) >= 11 is 1.92. The van der Waals surface area contributed by atoms with Crippen LogP contribution in [0.2, 0.25) is 0 Å². The lowest BCUT2D eigenvalue weighted by molar-refractivity contribution is 0.481. The average molecular weight is 1380 g/mol. The van der Waals surface area contributed by atoms with Crippen LogP contribution in [0.4, 0.5) is 11.4 Å². The minimum atomic E-state index is 0. The molecule has 0 amide bonds. The second-order valence-corrected chi connectivity index (χ2v) is 38.2. The van der Waals surface area contributed by atoms with Crippen molar-refractivity contribution in [2.75, 3.05) is 11.9 Å². The molecule has 0 fully saturated rings. The van der Waals surface area contributed by atoms with Gasteiger partial charge in [0.1, 0.15) is 23.0 Å². The topological polar surface area (TPSA) is 21.7 Å². The molecule has 0 aromatic heterocycles. The van der Waals surface area contributed by atoms with E-state index in [-0.39, 0.29) is 58.2 Å². The summed E-state index contributed by atoms with van der Waals surface area (Å²) in [6, 6.07) is 72.1. The van der Waals surface area contributed by atoms with Gasteiger partial charge in [-0.15, -0.1) is 0 Å². The molecule has 0 N–H and O–H groups in total. The normalized spacial score (nSPS) is 13.4. The summed E-state index contributed by atoms with van der Waals surface area (Å²) in [7, 11) is 2.20. The molecule has 0 bridgehead atoms. The molecule has 0 saturated carbocycles. The quantitative estimate of drug-likeness (QED) is 0.151. The van der Waals surface area contributed by atoms with E-state index >= 15 is 0 Å². The van der Waals surface area contributed by atoms with Gasteiger partial charge in [0.25, 0.3) is 0 Å². The molecule has 534 valence electrons. The molecule has 4 heteroatoms. The predicted molar refractivity (Wildman–Crippen MR) is 453 cm³/mol. The monoisotopic (exact) mass is 1380 g/mol. The number of rotatable bonds is 0. The lowest BCUT2D eigenvalue weighted by Crippen LogP contribution is -2.19. The van der Waals surface area contributed by atoms with Gasteiger partial charge in [-0.05, 0) is 186 Å². The van der Waals surface area contributed by atoms with Crippen LogP contribution < -0.4 is 14.4 Å². The summed E-state index contributed by atoms with van der Waals surface area (Å²) in [6.45, 7) is 54.5. The van der Waals surface area contributed by atoms with Gasteiger partial charge in [0.2, 0.25) is 0 Å². The van der Waals surface area contributed by atoms with Gasteiger partial charge in [0.15, 0.2) is 0 Å². The average Bonchev–Trinajstić information content (AvgIpc) is 0.747. The number of hydrogen-bond donors (Lipinski definition) is 0. The van der Waals surface area contributed by atoms with Crippen molar-refractivity contribution < 1.29 is 9.47 Å².